The molecule has 0 aromatic carbocycles. The van der Waals surface area contributed by atoms with Crippen molar-refractivity contribution < 1.29 is 13.5 Å². The van der Waals surface area contributed by atoms with E-state index in [2.05, 4.69) is 4.74 Å². The zero-order valence-corrected chi connectivity index (χ0v) is 3.95. The van der Waals surface area contributed by atoms with Crippen LogP contribution in [-0.2, 0) is 4.74 Å². The van der Waals surface area contributed by atoms with Gasteiger partial charge < -0.3 is 4.74 Å². The SMILES string of the molecule is CC1(C(F)F)CO1. The van der Waals surface area contributed by atoms with E-state index in [0.717, 1.165) is 0 Å². The summed E-state index contributed by atoms with van der Waals surface area (Å²) in [7, 11) is 0. The van der Waals surface area contributed by atoms with E-state index in [1.54, 1.807) is 0 Å². The summed E-state index contributed by atoms with van der Waals surface area (Å²) in [5.74, 6) is 0. The molecule has 0 saturated carbocycles. The molecule has 1 fully saturated rings. The molecule has 0 aromatic rings. The minimum atomic E-state index is -2.31. The van der Waals surface area contributed by atoms with Gasteiger partial charge in [0.15, 0.2) is 0 Å². The second-order valence-corrected chi connectivity index (χ2v) is 1.90. The first-order valence-electron chi connectivity index (χ1n) is 2.07. The summed E-state index contributed by atoms with van der Waals surface area (Å²) in [6.07, 6.45) is -2.31. The summed E-state index contributed by atoms with van der Waals surface area (Å²) in [4.78, 5) is 0. The molecule has 1 saturated heterocycles. The van der Waals surface area contributed by atoms with Crippen LogP contribution in [0.2, 0.25) is 0 Å². The van der Waals surface area contributed by atoms with Crippen molar-refractivity contribution in [1.82, 2.24) is 0 Å². The van der Waals surface area contributed by atoms with Gasteiger partial charge in [-0.2, -0.15) is 0 Å². The van der Waals surface area contributed by atoms with Crippen LogP contribution in [0.25, 0.3) is 0 Å². The van der Waals surface area contributed by atoms with Gasteiger partial charge in [0.2, 0.25) is 0 Å². The quantitative estimate of drug-likeness (QED) is 0.457. The van der Waals surface area contributed by atoms with Crippen LogP contribution in [0.5, 0.6) is 0 Å². The molecule has 1 unspecified atom stereocenters. The molecular weight excluding hydrogens is 102 g/mol. The van der Waals surface area contributed by atoms with Gasteiger partial charge in [-0.3, -0.25) is 0 Å². The number of rotatable bonds is 1. The highest BCUT2D eigenvalue weighted by atomic mass is 19.3. The lowest BCUT2D eigenvalue weighted by atomic mass is 10.2. The summed E-state index contributed by atoms with van der Waals surface area (Å²) in [5, 5.41) is 0. The number of hydrogen-bond acceptors (Lipinski definition) is 1. The Morgan fingerprint density at radius 2 is 2.14 bits per heavy atom. The number of hydrogen-bond donors (Lipinski definition) is 0. The third kappa shape index (κ3) is 0.725. The molecule has 1 aliphatic rings. The van der Waals surface area contributed by atoms with Gasteiger partial charge >= 0.3 is 0 Å². The number of halogens is 2. The van der Waals surface area contributed by atoms with E-state index in [-0.39, 0.29) is 6.61 Å². The molecule has 0 aromatic heterocycles. The lowest BCUT2D eigenvalue weighted by Gasteiger charge is -1.98. The Morgan fingerprint density at radius 3 is 2.14 bits per heavy atom. The molecule has 1 rings (SSSR count). The van der Waals surface area contributed by atoms with Gasteiger partial charge in [-0.25, -0.2) is 8.78 Å². The minimum Gasteiger partial charge on any atom is -0.364 e. The maximum Gasteiger partial charge on any atom is 0.269 e. The van der Waals surface area contributed by atoms with Crippen LogP contribution in [0.3, 0.4) is 0 Å². The zero-order valence-electron chi connectivity index (χ0n) is 3.95. The highest BCUT2D eigenvalue weighted by Gasteiger charge is 2.48. The van der Waals surface area contributed by atoms with Crippen molar-refractivity contribution in [3.63, 3.8) is 0 Å². The topological polar surface area (TPSA) is 12.5 Å². The molecule has 0 spiro atoms. The first-order chi connectivity index (χ1) is 3.15. The molecule has 42 valence electrons. The van der Waals surface area contributed by atoms with Gasteiger partial charge in [-0.15, -0.1) is 0 Å². The summed E-state index contributed by atoms with van der Waals surface area (Å²) in [5.41, 5.74) is -1.08. The molecule has 0 amide bonds. The smallest absolute Gasteiger partial charge is 0.269 e. The van der Waals surface area contributed by atoms with Crippen molar-refractivity contribution in [3.05, 3.63) is 0 Å². The van der Waals surface area contributed by atoms with Crippen LogP contribution < -0.4 is 0 Å². The third-order valence-corrected chi connectivity index (χ3v) is 1.06. The van der Waals surface area contributed by atoms with Gasteiger partial charge in [0.25, 0.3) is 6.43 Å². The van der Waals surface area contributed by atoms with Crippen LogP contribution in [0.4, 0.5) is 8.78 Å². The first kappa shape index (κ1) is 4.97. The number of alkyl halides is 2. The molecule has 0 bridgehead atoms. The molecule has 1 nitrogen and oxygen atoms in total. The van der Waals surface area contributed by atoms with Crippen molar-refractivity contribution in [3.8, 4) is 0 Å². The summed E-state index contributed by atoms with van der Waals surface area (Å²) >= 11 is 0. The van der Waals surface area contributed by atoms with Gasteiger partial charge in [0.1, 0.15) is 5.60 Å². The van der Waals surface area contributed by atoms with Gasteiger partial charge in [-0.05, 0) is 6.92 Å². The molecule has 0 aliphatic carbocycles. The molecular formula is C4H6F2O. The molecule has 0 N–H and O–H groups in total. The van der Waals surface area contributed by atoms with Crippen LogP contribution in [0.1, 0.15) is 6.92 Å². The largest absolute Gasteiger partial charge is 0.364 e. The Hall–Kier alpha value is -0.180. The van der Waals surface area contributed by atoms with E-state index >= 15 is 0 Å². The molecule has 3 heteroatoms. The van der Waals surface area contributed by atoms with Crippen LogP contribution in [0, 0.1) is 0 Å². The Kier molecular flexibility index (Phi) is 0.819. The Balaban J connectivity index is 2.39. The Morgan fingerprint density at radius 1 is 1.71 bits per heavy atom. The third-order valence-electron chi connectivity index (χ3n) is 1.06. The van der Waals surface area contributed by atoms with Crippen molar-refractivity contribution >= 4 is 0 Å². The zero-order chi connectivity index (χ0) is 5.49. The highest BCUT2D eigenvalue weighted by molar-refractivity contribution is 4.89. The molecule has 0 radical (unpaired) electrons. The monoisotopic (exact) mass is 108 g/mol. The fourth-order valence-corrected chi connectivity index (χ4v) is 0.240. The summed E-state index contributed by atoms with van der Waals surface area (Å²) in [6.45, 7) is 1.61. The van der Waals surface area contributed by atoms with Gasteiger partial charge in [0, 0.05) is 0 Å². The first-order valence-corrected chi connectivity index (χ1v) is 2.07. The Labute approximate surface area is 40.3 Å². The Bertz CT molecular complexity index is 77.8. The second-order valence-electron chi connectivity index (χ2n) is 1.90. The standard InChI is InChI=1S/C4H6F2O/c1-4(2-7-4)3(5)6/h3H,2H2,1H3. The predicted molar refractivity (Wildman–Crippen MR) is 20.4 cm³/mol. The lowest BCUT2D eigenvalue weighted by Crippen LogP contribution is -2.15. The average molecular weight is 108 g/mol. The van der Waals surface area contributed by atoms with E-state index in [0.29, 0.717) is 0 Å². The fraction of sp³-hybridized carbons (Fsp3) is 1.00. The van der Waals surface area contributed by atoms with E-state index in [1.165, 1.54) is 6.92 Å². The van der Waals surface area contributed by atoms with Crippen molar-refractivity contribution in [2.75, 3.05) is 6.61 Å². The average Bonchev–Trinajstić information content (AvgIpc) is 2.21. The van der Waals surface area contributed by atoms with Crippen LogP contribution in [0.15, 0.2) is 0 Å². The van der Waals surface area contributed by atoms with E-state index in [1.807, 2.05) is 0 Å². The molecule has 1 atom stereocenters. The second kappa shape index (κ2) is 1.15. The lowest BCUT2D eigenvalue weighted by molar-refractivity contribution is 0.0571. The molecule has 1 aliphatic heterocycles. The van der Waals surface area contributed by atoms with Gasteiger partial charge in [-0.1, -0.05) is 0 Å². The van der Waals surface area contributed by atoms with E-state index in [9.17, 15) is 8.78 Å². The van der Waals surface area contributed by atoms with Crippen LogP contribution >= 0.6 is 0 Å². The highest BCUT2D eigenvalue weighted by Crippen LogP contribution is 2.32. The van der Waals surface area contributed by atoms with E-state index in [4.69, 9.17) is 0 Å². The molecule has 1 heterocycles. The maximum absolute atomic E-state index is 11.5. The normalized spacial score (nSPS) is 39.4. The summed E-state index contributed by atoms with van der Waals surface area (Å²) < 4.78 is 27.4. The van der Waals surface area contributed by atoms with Crippen molar-refractivity contribution in [2.45, 2.75) is 19.0 Å². The van der Waals surface area contributed by atoms with Crippen LogP contribution in [-0.4, -0.2) is 18.6 Å². The maximum atomic E-state index is 11.5. The van der Waals surface area contributed by atoms with Gasteiger partial charge in [0.05, 0.1) is 6.61 Å². The summed E-state index contributed by atoms with van der Waals surface area (Å²) in [6, 6.07) is 0. The number of epoxide rings is 1. The predicted octanol–water partition coefficient (Wildman–Crippen LogP) is 1.04. The molecule has 7 heavy (non-hydrogen) atoms. The fourth-order valence-electron chi connectivity index (χ4n) is 0.240. The minimum absolute atomic E-state index is 0.213. The number of ether oxygens (including phenoxy) is 1. The van der Waals surface area contributed by atoms with Crippen molar-refractivity contribution in [1.29, 1.82) is 0 Å². The van der Waals surface area contributed by atoms with Crippen molar-refractivity contribution in [2.24, 2.45) is 0 Å². The van der Waals surface area contributed by atoms with E-state index < -0.39 is 12.0 Å².